The van der Waals surface area contributed by atoms with Crippen LogP contribution in [0.5, 0.6) is 5.75 Å². The quantitative estimate of drug-likeness (QED) is 0.492. The Balaban J connectivity index is 1.68. The van der Waals surface area contributed by atoms with Gasteiger partial charge >= 0.3 is 12.1 Å². The summed E-state index contributed by atoms with van der Waals surface area (Å²) in [5.74, 6) is -0.447. The van der Waals surface area contributed by atoms with E-state index in [1.54, 1.807) is 32.0 Å². The van der Waals surface area contributed by atoms with Gasteiger partial charge in [0.2, 0.25) is 0 Å². The van der Waals surface area contributed by atoms with Gasteiger partial charge < -0.3 is 14.6 Å². The van der Waals surface area contributed by atoms with E-state index in [1.807, 2.05) is 6.92 Å². The highest BCUT2D eigenvalue weighted by molar-refractivity contribution is 5.72. The molecular formula is C23H24F3N3O4. The van der Waals surface area contributed by atoms with Crippen LogP contribution in [0.2, 0.25) is 0 Å². The zero-order valence-corrected chi connectivity index (χ0v) is 18.3. The summed E-state index contributed by atoms with van der Waals surface area (Å²) in [6.07, 6.45) is -4.07. The fourth-order valence-corrected chi connectivity index (χ4v) is 3.22. The van der Waals surface area contributed by atoms with E-state index < -0.39 is 29.9 Å². The molecule has 1 heterocycles. The van der Waals surface area contributed by atoms with Gasteiger partial charge in [0.1, 0.15) is 17.5 Å². The molecule has 1 N–H and O–H groups in total. The number of aromatic nitrogens is 3. The first-order chi connectivity index (χ1) is 15.6. The molecule has 0 fully saturated rings. The summed E-state index contributed by atoms with van der Waals surface area (Å²) in [7, 11) is 0. The predicted octanol–water partition coefficient (Wildman–Crippen LogP) is 4.77. The third kappa shape index (κ3) is 6.10. The van der Waals surface area contributed by atoms with Crippen LogP contribution in [0.4, 0.5) is 13.2 Å². The molecule has 0 saturated heterocycles. The van der Waals surface area contributed by atoms with Crippen LogP contribution in [0, 0.1) is 6.92 Å². The summed E-state index contributed by atoms with van der Waals surface area (Å²) >= 11 is 0. The number of halogens is 3. The van der Waals surface area contributed by atoms with Crippen molar-refractivity contribution in [1.29, 1.82) is 0 Å². The summed E-state index contributed by atoms with van der Waals surface area (Å²) in [5.41, 5.74) is 1.84. The summed E-state index contributed by atoms with van der Waals surface area (Å²) in [4.78, 5) is 12.6. The van der Waals surface area contributed by atoms with Crippen LogP contribution in [-0.2, 0) is 22.1 Å². The zero-order valence-electron chi connectivity index (χ0n) is 18.3. The first-order valence-electron chi connectivity index (χ1n) is 10.3. The van der Waals surface area contributed by atoms with Crippen LogP contribution in [0.25, 0.3) is 5.69 Å². The van der Waals surface area contributed by atoms with Gasteiger partial charge in [-0.1, -0.05) is 6.07 Å². The molecule has 3 aromatic rings. The van der Waals surface area contributed by atoms with Gasteiger partial charge in [-0.2, -0.15) is 23.1 Å². The Kier molecular flexibility index (Phi) is 7.37. The van der Waals surface area contributed by atoms with Crippen LogP contribution in [0.15, 0.2) is 48.7 Å². The van der Waals surface area contributed by atoms with E-state index in [-0.39, 0.29) is 6.42 Å². The van der Waals surface area contributed by atoms with E-state index in [2.05, 4.69) is 10.2 Å². The number of aliphatic carboxylic acids is 1. The molecule has 7 nitrogen and oxygen atoms in total. The van der Waals surface area contributed by atoms with Crippen molar-refractivity contribution in [2.75, 3.05) is 6.61 Å². The molecule has 3 rings (SSSR count). The minimum absolute atomic E-state index is 0.242. The average molecular weight is 463 g/mol. The highest BCUT2D eigenvalue weighted by Crippen LogP contribution is 2.29. The Morgan fingerprint density at radius 2 is 1.88 bits per heavy atom. The van der Waals surface area contributed by atoms with Crippen molar-refractivity contribution in [2.24, 2.45) is 0 Å². The fraction of sp³-hybridized carbons (Fsp3) is 0.348. The van der Waals surface area contributed by atoms with Crippen LogP contribution in [0.1, 0.15) is 42.3 Å². The van der Waals surface area contributed by atoms with Crippen LogP contribution in [0.3, 0.4) is 0 Å². The molecule has 0 radical (unpaired) electrons. The zero-order chi connectivity index (χ0) is 24.2. The topological polar surface area (TPSA) is 86.5 Å². The second-order valence-corrected chi connectivity index (χ2v) is 7.44. The lowest BCUT2D eigenvalue weighted by Gasteiger charge is -2.16. The number of benzene rings is 2. The van der Waals surface area contributed by atoms with E-state index in [0.717, 1.165) is 23.3 Å². The van der Waals surface area contributed by atoms with Crippen molar-refractivity contribution < 1.29 is 32.5 Å². The molecule has 0 aliphatic heterocycles. The molecular weight excluding hydrogens is 439 g/mol. The SMILES string of the molecule is CCOC(Cc1ccc(OC(C)c2cnn(-c3ccc(C(F)(F)F)cc3)n2)cc1C)C(=O)O. The van der Waals surface area contributed by atoms with Crippen LogP contribution >= 0.6 is 0 Å². The Hall–Kier alpha value is -3.40. The van der Waals surface area contributed by atoms with Gasteiger partial charge in [-0.15, -0.1) is 5.10 Å². The molecule has 0 bridgehead atoms. The molecule has 2 unspecified atom stereocenters. The molecule has 0 aliphatic rings. The molecule has 2 aromatic carbocycles. The van der Waals surface area contributed by atoms with Gasteiger partial charge in [-0.05, 0) is 68.3 Å². The molecule has 0 saturated carbocycles. The van der Waals surface area contributed by atoms with Gasteiger partial charge in [0.25, 0.3) is 0 Å². The maximum atomic E-state index is 12.7. The van der Waals surface area contributed by atoms with E-state index in [9.17, 15) is 23.1 Å². The summed E-state index contributed by atoms with van der Waals surface area (Å²) in [6.45, 7) is 5.69. The monoisotopic (exact) mass is 463 g/mol. The minimum atomic E-state index is -4.41. The molecule has 0 aliphatic carbocycles. The number of carbonyl (C=O) groups is 1. The highest BCUT2D eigenvalue weighted by atomic mass is 19.4. The lowest BCUT2D eigenvalue weighted by atomic mass is 10.0. The first-order valence-corrected chi connectivity index (χ1v) is 10.3. The maximum Gasteiger partial charge on any atom is 0.416 e. The number of carboxylic acids is 1. The Morgan fingerprint density at radius 1 is 1.18 bits per heavy atom. The Morgan fingerprint density at radius 3 is 2.45 bits per heavy atom. The number of ether oxygens (including phenoxy) is 2. The molecule has 176 valence electrons. The van der Waals surface area contributed by atoms with Gasteiger partial charge in [0.15, 0.2) is 6.10 Å². The normalized spacial score (nSPS) is 13.5. The summed E-state index contributed by atoms with van der Waals surface area (Å²) in [5, 5.41) is 17.7. The van der Waals surface area contributed by atoms with Crippen molar-refractivity contribution in [1.82, 2.24) is 15.0 Å². The van der Waals surface area contributed by atoms with Gasteiger partial charge in [0.05, 0.1) is 17.4 Å². The third-order valence-electron chi connectivity index (χ3n) is 5.03. The molecule has 33 heavy (non-hydrogen) atoms. The number of nitrogens with zero attached hydrogens (tertiary/aromatic N) is 3. The number of alkyl halides is 3. The van der Waals surface area contributed by atoms with Crippen molar-refractivity contribution in [3.05, 3.63) is 71.0 Å². The molecule has 10 heteroatoms. The highest BCUT2D eigenvalue weighted by Gasteiger charge is 2.30. The lowest BCUT2D eigenvalue weighted by molar-refractivity contribution is -0.150. The smallest absolute Gasteiger partial charge is 0.416 e. The fourth-order valence-electron chi connectivity index (χ4n) is 3.22. The van der Waals surface area contributed by atoms with Gasteiger partial charge in [-0.25, -0.2) is 4.79 Å². The van der Waals surface area contributed by atoms with Crippen molar-refractivity contribution >= 4 is 5.97 Å². The van der Waals surface area contributed by atoms with Crippen molar-refractivity contribution in [2.45, 2.75) is 45.6 Å². The maximum absolute atomic E-state index is 12.7. The first kappa shape index (κ1) is 24.2. The molecule has 1 aromatic heterocycles. The van der Waals surface area contributed by atoms with Crippen molar-refractivity contribution in [3.63, 3.8) is 0 Å². The largest absolute Gasteiger partial charge is 0.484 e. The second-order valence-electron chi connectivity index (χ2n) is 7.44. The average Bonchev–Trinajstić information content (AvgIpc) is 3.25. The molecule has 0 amide bonds. The number of aryl methyl sites for hydroxylation is 1. The van der Waals surface area contributed by atoms with Gasteiger partial charge in [0, 0.05) is 13.0 Å². The summed E-state index contributed by atoms with van der Waals surface area (Å²) in [6, 6.07) is 9.89. The standard InChI is InChI=1S/C23H24F3N3O4/c1-4-32-21(22(30)31)12-16-5-10-19(11-14(16)2)33-15(3)20-13-27-29(28-20)18-8-6-17(7-9-18)23(24,25)26/h5-11,13,15,21H,4,12H2,1-3H3,(H,30,31). The molecule has 2 atom stereocenters. The van der Waals surface area contributed by atoms with Crippen LogP contribution in [-0.4, -0.2) is 38.8 Å². The third-order valence-corrected chi connectivity index (χ3v) is 5.03. The number of rotatable bonds is 9. The Labute approximate surface area is 188 Å². The minimum Gasteiger partial charge on any atom is -0.484 e. The summed E-state index contributed by atoms with van der Waals surface area (Å²) < 4.78 is 49.4. The van der Waals surface area contributed by atoms with E-state index in [1.165, 1.54) is 23.1 Å². The Bertz CT molecular complexity index is 1100. The second kappa shape index (κ2) is 10.0. The van der Waals surface area contributed by atoms with Crippen molar-refractivity contribution in [3.8, 4) is 11.4 Å². The van der Waals surface area contributed by atoms with E-state index in [4.69, 9.17) is 9.47 Å². The van der Waals surface area contributed by atoms with E-state index in [0.29, 0.717) is 23.7 Å². The number of carboxylic acid groups (broad SMARTS) is 1. The number of hydrogen-bond donors (Lipinski definition) is 1. The predicted molar refractivity (Wildman–Crippen MR) is 113 cm³/mol. The lowest BCUT2D eigenvalue weighted by Crippen LogP contribution is -2.26. The van der Waals surface area contributed by atoms with Crippen LogP contribution < -0.4 is 4.74 Å². The number of hydrogen-bond acceptors (Lipinski definition) is 5. The van der Waals surface area contributed by atoms with E-state index >= 15 is 0 Å². The molecule has 0 spiro atoms. The van der Waals surface area contributed by atoms with Gasteiger partial charge in [-0.3, -0.25) is 0 Å².